The Balaban J connectivity index is 2.11. The average Bonchev–Trinajstić information content (AvgIpc) is 3.01. The zero-order valence-corrected chi connectivity index (χ0v) is 11.5. The van der Waals surface area contributed by atoms with E-state index in [0.717, 1.165) is 25.1 Å². The van der Waals surface area contributed by atoms with Gasteiger partial charge in [0.1, 0.15) is 5.69 Å². The zero-order valence-electron chi connectivity index (χ0n) is 10.7. The van der Waals surface area contributed by atoms with Crippen molar-refractivity contribution in [3.8, 4) is 0 Å². The van der Waals surface area contributed by atoms with E-state index >= 15 is 0 Å². The van der Waals surface area contributed by atoms with Crippen molar-refractivity contribution in [1.29, 1.82) is 0 Å². The van der Waals surface area contributed by atoms with E-state index in [1.54, 1.807) is 11.3 Å². The van der Waals surface area contributed by atoms with Gasteiger partial charge in [0.25, 0.3) is 0 Å². The molecule has 1 N–H and O–H groups in total. The molecule has 98 valence electrons. The van der Waals surface area contributed by atoms with Crippen molar-refractivity contribution in [2.45, 2.75) is 45.8 Å². The van der Waals surface area contributed by atoms with Crippen LogP contribution in [-0.2, 0) is 19.6 Å². The first kappa shape index (κ1) is 13.2. The van der Waals surface area contributed by atoms with E-state index in [1.807, 2.05) is 10.7 Å². The van der Waals surface area contributed by atoms with Crippen LogP contribution in [0.1, 0.15) is 42.5 Å². The second kappa shape index (κ2) is 6.66. The minimum atomic E-state index is -0.0332. The number of aliphatic hydroxyl groups is 1. The maximum atomic E-state index is 9.32. The van der Waals surface area contributed by atoms with Gasteiger partial charge in [0.05, 0.1) is 12.3 Å². The third-order valence-corrected chi connectivity index (χ3v) is 3.84. The van der Waals surface area contributed by atoms with Gasteiger partial charge in [-0.3, -0.25) is 0 Å². The van der Waals surface area contributed by atoms with Crippen molar-refractivity contribution in [3.63, 3.8) is 0 Å². The van der Waals surface area contributed by atoms with Crippen LogP contribution in [0.2, 0.25) is 0 Å². The predicted octanol–water partition coefficient (Wildman–Crippen LogP) is 2.61. The first-order chi connectivity index (χ1) is 8.85. The van der Waals surface area contributed by atoms with Crippen LogP contribution in [0.5, 0.6) is 0 Å². The molecule has 18 heavy (non-hydrogen) atoms. The van der Waals surface area contributed by atoms with Crippen LogP contribution in [0.3, 0.4) is 0 Å². The van der Waals surface area contributed by atoms with Crippen LogP contribution in [-0.4, -0.2) is 20.1 Å². The molecule has 4 nitrogen and oxygen atoms in total. The van der Waals surface area contributed by atoms with E-state index in [2.05, 4.69) is 28.7 Å². The first-order valence-corrected chi connectivity index (χ1v) is 7.27. The highest BCUT2D eigenvalue weighted by Gasteiger charge is 2.12. The van der Waals surface area contributed by atoms with Crippen molar-refractivity contribution < 1.29 is 5.11 Å². The first-order valence-electron chi connectivity index (χ1n) is 6.39. The lowest BCUT2D eigenvalue weighted by atomic mass is 10.2. The van der Waals surface area contributed by atoms with Crippen molar-refractivity contribution in [2.24, 2.45) is 0 Å². The highest BCUT2D eigenvalue weighted by atomic mass is 32.1. The summed E-state index contributed by atoms with van der Waals surface area (Å²) in [5, 5.41) is 19.6. The van der Waals surface area contributed by atoms with Gasteiger partial charge in [0, 0.05) is 17.8 Å². The molecule has 0 spiro atoms. The van der Waals surface area contributed by atoms with Gasteiger partial charge in [-0.05, 0) is 17.9 Å². The van der Waals surface area contributed by atoms with Crippen molar-refractivity contribution >= 4 is 11.3 Å². The van der Waals surface area contributed by atoms with Crippen molar-refractivity contribution in [2.75, 3.05) is 0 Å². The molecule has 0 radical (unpaired) electrons. The quantitative estimate of drug-likeness (QED) is 0.783. The molecule has 2 heterocycles. The molecule has 0 aliphatic heterocycles. The summed E-state index contributed by atoms with van der Waals surface area (Å²) in [4.78, 5) is 1.28. The molecular weight excluding hydrogens is 246 g/mol. The molecule has 0 aliphatic carbocycles. The van der Waals surface area contributed by atoms with E-state index in [4.69, 9.17) is 0 Å². The molecule has 0 amide bonds. The van der Waals surface area contributed by atoms with Gasteiger partial charge in [0.15, 0.2) is 0 Å². The Morgan fingerprint density at radius 2 is 2.28 bits per heavy atom. The molecule has 0 aromatic carbocycles. The standard InChI is InChI=1S/C13H19N3OS/c1-2-3-4-7-16-13(12(10-17)14-15-16)9-11-6-5-8-18-11/h5-6,8,17H,2-4,7,9-10H2,1H3. The predicted molar refractivity (Wildman–Crippen MR) is 72.6 cm³/mol. The normalized spacial score (nSPS) is 11.0. The SMILES string of the molecule is CCCCCn1nnc(CO)c1Cc1cccs1. The number of unbranched alkanes of at least 4 members (excludes halogenated alkanes) is 2. The van der Waals surface area contributed by atoms with Crippen LogP contribution in [0.4, 0.5) is 0 Å². The summed E-state index contributed by atoms with van der Waals surface area (Å²) in [5.41, 5.74) is 1.76. The number of aryl methyl sites for hydroxylation is 1. The number of rotatable bonds is 7. The van der Waals surface area contributed by atoms with Gasteiger partial charge in [-0.15, -0.1) is 16.4 Å². The van der Waals surface area contributed by atoms with Gasteiger partial charge in [0.2, 0.25) is 0 Å². The van der Waals surface area contributed by atoms with E-state index in [-0.39, 0.29) is 6.61 Å². The highest BCUT2D eigenvalue weighted by Crippen LogP contribution is 2.17. The lowest BCUT2D eigenvalue weighted by Gasteiger charge is -2.06. The number of nitrogens with zero attached hydrogens (tertiary/aromatic N) is 3. The summed E-state index contributed by atoms with van der Waals surface area (Å²) in [6, 6.07) is 4.15. The number of thiophene rings is 1. The molecule has 2 aromatic heterocycles. The van der Waals surface area contributed by atoms with Gasteiger partial charge >= 0.3 is 0 Å². The summed E-state index contributed by atoms with van der Waals surface area (Å²) in [5.74, 6) is 0. The summed E-state index contributed by atoms with van der Waals surface area (Å²) in [6.07, 6.45) is 4.32. The van der Waals surface area contributed by atoms with Gasteiger partial charge in [-0.25, -0.2) is 4.68 Å². The molecule has 2 aromatic rings. The summed E-state index contributed by atoms with van der Waals surface area (Å²) < 4.78 is 1.95. The summed E-state index contributed by atoms with van der Waals surface area (Å²) in [6.45, 7) is 3.04. The fraction of sp³-hybridized carbons (Fsp3) is 0.538. The molecule has 0 aliphatic rings. The molecule has 0 unspecified atom stereocenters. The van der Waals surface area contributed by atoms with Crippen LogP contribution >= 0.6 is 11.3 Å². The Morgan fingerprint density at radius 1 is 1.39 bits per heavy atom. The Labute approximate surface area is 111 Å². The van der Waals surface area contributed by atoms with Gasteiger partial charge in [-0.2, -0.15) is 0 Å². The van der Waals surface area contributed by atoms with Crippen LogP contribution < -0.4 is 0 Å². The molecule has 0 bridgehead atoms. The van der Waals surface area contributed by atoms with E-state index in [9.17, 15) is 5.11 Å². The fourth-order valence-electron chi connectivity index (χ4n) is 1.95. The van der Waals surface area contributed by atoms with Crippen molar-refractivity contribution in [1.82, 2.24) is 15.0 Å². The van der Waals surface area contributed by atoms with Crippen LogP contribution in [0, 0.1) is 0 Å². The van der Waals surface area contributed by atoms with E-state index in [1.165, 1.54) is 17.7 Å². The number of aliphatic hydroxyl groups excluding tert-OH is 1. The minimum absolute atomic E-state index is 0.0332. The Kier molecular flexibility index (Phi) is 4.90. The topological polar surface area (TPSA) is 50.9 Å². The van der Waals surface area contributed by atoms with E-state index in [0.29, 0.717) is 5.69 Å². The third kappa shape index (κ3) is 3.17. The van der Waals surface area contributed by atoms with Crippen LogP contribution in [0.15, 0.2) is 17.5 Å². The van der Waals surface area contributed by atoms with Gasteiger partial charge in [-0.1, -0.05) is 31.0 Å². The number of aromatic nitrogens is 3. The minimum Gasteiger partial charge on any atom is -0.390 e. The van der Waals surface area contributed by atoms with Crippen LogP contribution in [0.25, 0.3) is 0 Å². The second-order valence-corrected chi connectivity index (χ2v) is 5.36. The Hall–Kier alpha value is -1.20. The third-order valence-electron chi connectivity index (χ3n) is 2.96. The molecule has 0 atom stereocenters. The molecule has 5 heteroatoms. The Bertz CT molecular complexity index is 465. The lowest BCUT2D eigenvalue weighted by molar-refractivity contribution is 0.275. The number of hydrogen-bond acceptors (Lipinski definition) is 4. The second-order valence-electron chi connectivity index (χ2n) is 4.33. The molecular formula is C13H19N3OS. The monoisotopic (exact) mass is 265 g/mol. The fourth-order valence-corrected chi connectivity index (χ4v) is 2.66. The average molecular weight is 265 g/mol. The lowest BCUT2D eigenvalue weighted by Crippen LogP contribution is -2.07. The number of hydrogen-bond donors (Lipinski definition) is 1. The van der Waals surface area contributed by atoms with E-state index < -0.39 is 0 Å². The summed E-state index contributed by atoms with van der Waals surface area (Å²) in [7, 11) is 0. The smallest absolute Gasteiger partial charge is 0.112 e. The maximum absolute atomic E-state index is 9.32. The van der Waals surface area contributed by atoms with Crippen molar-refractivity contribution in [3.05, 3.63) is 33.8 Å². The molecule has 2 rings (SSSR count). The zero-order chi connectivity index (χ0) is 12.8. The summed E-state index contributed by atoms with van der Waals surface area (Å²) >= 11 is 1.73. The largest absolute Gasteiger partial charge is 0.390 e. The molecule has 0 saturated carbocycles. The molecule has 0 fully saturated rings. The Morgan fingerprint density at radius 3 is 2.94 bits per heavy atom. The highest BCUT2D eigenvalue weighted by molar-refractivity contribution is 7.09. The maximum Gasteiger partial charge on any atom is 0.112 e. The molecule has 0 saturated heterocycles. The van der Waals surface area contributed by atoms with Gasteiger partial charge < -0.3 is 5.11 Å².